The summed E-state index contributed by atoms with van der Waals surface area (Å²) in [7, 11) is 0. The number of aliphatic carboxylic acids is 1. The maximum absolute atomic E-state index is 12.3. The molecule has 0 saturated heterocycles. The van der Waals surface area contributed by atoms with Crippen LogP contribution >= 0.6 is 11.8 Å². The molecule has 24 heavy (non-hydrogen) atoms. The molecule has 0 spiro atoms. The average molecular weight is 347 g/mol. The highest BCUT2D eigenvalue weighted by atomic mass is 32.2. The van der Waals surface area contributed by atoms with Gasteiger partial charge in [-0.15, -0.1) is 11.8 Å². The molecule has 1 amide bonds. The van der Waals surface area contributed by atoms with Gasteiger partial charge in [-0.3, -0.25) is 4.79 Å². The second-order valence-corrected chi connectivity index (χ2v) is 6.43. The van der Waals surface area contributed by atoms with Crippen molar-refractivity contribution in [1.82, 2.24) is 5.32 Å². The summed E-state index contributed by atoms with van der Waals surface area (Å²) in [6.07, 6.45) is 3.48. The van der Waals surface area contributed by atoms with E-state index in [9.17, 15) is 14.7 Å². The number of carboxylic acids is 1. The fourth-order valence-electron chi connectivity index (χ4n) is 2.22. The monoisotopic (exact) mass is 347 g/mol. The van der Waals surface area contributed by atoms with E-state index in [1.165, 1.54) is 6.26 Å². The molecule has 0 radical (unpaired) electrons. The van der Waals surface area contributed by atoms with Gasteiger partial charge in [0, 0.05) is 16.2 Å². The summed E-state index contributed by atoms with van der Waals surface area (Å²) >= 11 is 1.59. The number of carbonyl (C=O) groups excluding carboxylic acids is 1. The first-order valence-corrected chi connectivity index (χ1v) is 8.88. The number of benzene rings is 1. The van der Waals surface area contributed by atoms with Gasteiger partial charge in [-0.05, 0) is 24.6 Å². The van der Waals surface area contributed by atoms with Crippen LogP contribution in [0.15, 0.2) is 52.0 Å². The first-order valence-electron chi connectivity index (χ1n) is 7.89. The van der Waals surface area contributed by atoms with Crippen molar-refractivity contribution in [3.05, 3.63) is 54.0 Å². The number of nitrogens with one attached hydrogen (secondary N) is 1. The van der Waals surface area contributed by atoms with Crippen LogP contribution in [0, 0.1) is 0 Å². The van der Waals surface area contributed by atoms with E-state index in [1.807, 2.05) is 37.3 Å². The number of amides is 1. The second kappa shape index (κ2) is 9.17. The predicted octanol–water partition coefficient (Wildman–Crippen LogP) is 3.95. The van der Waals surface area contributed by atoms with E-state index in [0.29, 0.717) is 12.2 Å². The summed E-state index contributed by atoms with van der Waals surface area (Å²) < 4.78 is 5.28. The van der Waals surface area contributed by atoms with Gasteiger partial charge >= 0.3 is 5.97 Å². The summed E-state index contributed by atoms with van der Waals surface area (Å²) in [5.74, 6) is -0.743. The molecular weight excluding hydrogens is 326 g/mol. The summed E-state index contributed by atoms with van der Waals surface area (Å²) in [6.45, 7) is 1.98. The zero-order valence-electron chi connectivity index (χ0n) is 13.5. The number of hydrogen-bond acceptors (Lipinski definition) is 4. The van der Waals surface area contributed by atoms with Gasteiger partial charge in [0.2, 0.25) is 0 Å². The highest BCUT2D eigenvalue weighted by Gasteiger charge is 2.23. The summed E-state index contributed by atoms with van der Waals surface area (Å²) in [4.78, 5) is 24.7. The van der Waals surface area contributed by atoms with Crippen molar-refractivity contribution in [2.24, 2.45) is 0 Å². The Labute approximate surface area is 145 Å². The van der Waals surface area contributed by atoms with Gasteiger partial charge in [0.05, 0.1) is 6.26 Å². The Morgan fingerprint density at radius 1 is 1.25 bits per heavy atom. The quantitative estimate of drug-likeness (QED) is 0.672. The number of carbonyl (C=O) groups is 2. The molecule has 0 aliphatic heterocycles. The second-order valence-electron chi connectivity index (χ2n) is 5.38. The topological polar surface area (TPSA) is 79.5 Å². The smallest absolute Gasteiger partial charge is 0.326 e. The van der Waals surface area contributed by atoms with Crippen LogP contribution in [0.3, 0.4) is 0 Å². The molecule has 0 unspecified atom stereocenters. The van der Waals surface area contributed by atoms with Crippen molar-refractivity contribution >= 4 is 23.6 Å². The molecule has 1 heterocycles. The molecule has 0 aliphatic carbocycles. The molecule has 5 nitrogen and oxygen atoms in total. The van der Waals surface area contributed by atoms with Gasteiger partial charge in [0.1, 0.15) is 6.04 Å². The molecule has 0 bridgehead atoms. The number of hydrogen-bond donors (Lipinski definition) is 2. The lowest BCUT2D eigenvalue weighted by Gasteiger charge is -2.13. The van der Waals surface area contributed by atoms with Gasteiger partial charge in [0.15, 0.2) is 5.76 Å². The lowest BCUT2D eigenvalue weighted by atomic mass is 10.1. The van der Waals surface area contributed by atoms with Gasteiger partial charge in [0.25, 0.3) is 5.91 Å². The number of carboxylic acid groups (broad SMARTS) is 1. The molecular formula is C18H21NO4S. The van der Waals surface area contributed by atoms with E-state index in [4.69, 9.17) is 4.42 Å². The van der Waals surface area contributed by atoms with Crippen LogP contribution in [0.1, 0.15) is 42.3 Å². The zero-order valence-corrected chi connectivity index (χ0v) is 14.3. The largest absolute Gasteiger partial charge is 0.480 e. The van der Waals surface area contributed by atoms with Crippen LogP contribution in [0.5, 0.6) is 0 Å². The normalized spacial score (nSPS) is 11.9. The zero-order chi connectivity index (χ0) is 17.4. The molecule has 0 fully saturated rings. The minimum atomic E-state index is -1.02. The number of furan rings is 1. The first-order chi connectivity index (χ1) is 11.6. The third kappa shape index (κ3) is 5.16. The number of thioether (sulfide) groups is 1. The lowest BCUT2D eigenvalue weighted by molar-refractivity contribution is -0.139. The Hall–Kier alpha value is -2.21. The molecule has 2 rings (SSSR count). The standard InChI is InChI=1S/C18H21NO4S/c1-2-3-9-15(18(21)22)19-17(20)16-13(10-11-23-16)12-24-14-7-5-4-6-8-14/h4-8,10-11,15H,2-3,9,12H2,1H3,(H,19,20)(H,21,22)/t15-/m0/s1. The molecule has 0 aliphatic rings. The van der Waals surface area contributed by atoms with E-state index >= 15 is 0 Å². The highest BCUT2D eigenvalue weighted by Crippen LogP contribution is 2.25. The lowest BCUT2D eigenvalue weighted by Crippen LogP contribution is -2.40. The maximum atomic E-state index is 12.3. The van der Waals surface area contributed by atoms with Crippen LogP contribution in [-0.2, 0) is 10.5 Å². The van der Waals surface area contributed by atoms with Crippen molar-refractivity contribution in [2.45, 2.75) is 42.9 Å². The fourth-order valence-corrected chi connectivity index (χ4v) is 3.11. The first kappa shape index (κ1) is 18.1. The van der Waals surface area contributed by atoms with Crippen LogP contribution in [-0.4, -0.2) is 23.0 Å². The minimum absolute atomic E-state index is 0.182. The van der Waals surface area contributed by atoms with E-state index < -0.39 is 17.9 Å². The molecule has 1 aromatic carbocycles. The van der Waals surface area contributed by atoms with Crippen LogP contribution in [0.4, 0.5) is 0 Å². The third-order valence-corrected chi connectivity index (χ3v) is 4.60. The van der Waals surface area contributed by atoms with E-state index in [-0.39, 0.29) is 5.76 Å². The Balaban J connectivity index is 1.99. The summed E-state index contributed by atoms with van der Waals surface area (Å²) in [5, 5.41) is 11.8. The third-order valence-electron chi connectivity index (χ3n) is 3.54. The SMILES string of the molecule is CCCC[C@H](NC(=O)c1occc1CSc1ccccc1)C(=O)O. The molecule has 128 valence electrons. The van der Waals surface area contributed by atoms with Gasteiger partial charge in [-0.25, -0.2) is 4.79 Å². The van der Waals surface area contributed by atoms with Gasteiger partial charge < -0.3 is 14.8 Å². The molecule has 1 atom stereocenters. The number of unbranched alkanes of at least 4 members (excludes halogenated alkanes) is 1. The Morgan fingerprint density at radius 2 is 2.00 bits per heavy atom. The molecule has 2 N–H and O–H groups in total. The van der Waals surface area contributed by atoms with Crippen molar-refractivity contribution < 1.29 is 19.1 Å². The van der Waals surface area contributed by atoms with Crippen molar-refractivity contribution in [1.29, 1.82) is 0 Å². The Morgan fingerprint density at radius 3 is 2.67 bits per heavy atom. The van der Waals surface area contributed by atoms with Crippen LogP contribution < -0.4 is 5.32 Å². The fraction of sp³-hybridized carbons (Fsp3) is 0.333. The van der Waals surface area contributed by atoms with E-state index in [0.717, 1.165) is 23.3 Å². The highest BCUT2D eigenvalue weighted by molar-refractivity contribution is 7.98. The van der Waals surface area contributed by atoms with Gasteiger partial charge in [-0.2, -0.15) is 0 Å². The van der Waals surface area contributed by atoms with Crippen molar-refractivity contribution in [2.75, 3.05) is 0 Å². The average Bonchev–Trinajstić information content (AvgIpc) is 3.06. The van der Waals surface area contributed by atoms with E-state index in [2.05, 4.69) is 5.32 Å². The summed E-state index contributed by atoms with van der Waals surface area (Å²) in [6, 6.07) is 10.7. The molecule has 2 aromatic rings. The summed E-state index contributed by atoms with van der Waals surface area (Å²) in [5.41, 5.74) is 0.751. The van der Waals surface area contributed by atoms with Gasteiger partial charge in [-0.1, -0.05) is 38.0 Å². The van der Waals surface area contributed by atoms with Crippen molar-refractivity contribution in [3.8, 4) is 0 Å². The molecule has 0 saturated carbocycles. The minimum Gasteiger partial charge on any atom is -0.480 e. The molecule has 1 aromatic heterocycles. The predicted molar refractivity (Wildman–Crippen MR) is 93.1 cm³/mol. The Kier molecular flexibility index (Phi) is 6.93. The Bertz CT molecular complexity index is 669. The maximum Gasteiger partial charge on any atom is 0.326 e. The van der Waals surface area contributed by atoms with Crippen LogP contribution in [0.2, 0.25) is 0 Å². The van der Waals surface area contributed by atoms with E-state index in [1.54, 1.807) is 17.8 Å². The van der Waals surface area contributed by atoms with Crippen LogP contribution in [0.25, 0.3) is 0 Å². The number of rotatable bonds is 9. The van der Waals surface area contributed by atoms with Crippen molar-refractivity contribution in [3.63, 3.8) is 0 Å². The molecule has 6 heteroatoms.